The third-order valence-electron chi connectivity index (χ3n) is 3.08. The van der Waals surface area contributed by atoms with Gasteiger partial charge in [0.25, 0.3) is 0 Å². The van der Waals surface area contributed by atoms with Gasteiger partial charge in [0.05, 0.1) is 12.8 Å². The Morgan fingerprint density at radius 3 is 2.74 bits per heavy atom. The maximum Gasteiger partial charge on any atom is 0.321 e. The highest BCUT2D eigenvalue weighted by molar-refractivity contribution is 5.94. The zero-order chi connectivity index (χ0) is 13.1. The summed E-state index contributed by atoms with van der Waals surface area (Å²) in [4.78, 5) is 13.3. The Morgan fingerprint density at radius 1 is 1.26 bits per heavy atom. The largest absolute Gasteiger partial charge is 0.467 e. The van der Waals surface area contributed by atoms with Gasteiger partial charge in [0, 0.05) is 24.5 Å². The third kappa shape index (κ3) is 2.54. The molecule has 1 saturated heterocycles. The van der Waals surface area contributed by atoms with Crippen molar-refractivity contribution in [1.82, 2.24) is 5.32 Å². The first kappa shape index (κ1) is 11.6. The lowest BCUT2D eigenvalue weighted by Gasteiger charge is -2.14. The molecule has 2 aromatic rings. The minimum Gasteiger partial charge on any atom is -0.467 e. The number of nitrogens with one attached hydrogen (secondary N) is 2. The number of nitrogens with zero attached hydrogens (tertiary/aromatic N) is 1. The lowest BCUT2D eigenvalue weighted by atomic mass is 10.2. The second-order valence-electron chi connectivity index (χ2n) is 4.36. The summed E-state index contributed by atoms with van der Waals surface area (Å²) in [5.74, 6) is 0.892. The van der Waals surface area contributed by atoms with E-state index in [2.05, 4.69) is 10.6 Å². The molecule has 0 spiro atoms. The summed E-state index contributed by atoms with van der Waals surface area (Å²) in [7, 11) is 0. The first-order valence-corrected chi connectivity index (χ1v) is 6.24. The first-order valence-electron chi connectivity index (χ1n) is 6.24. The van der Waals surface area contributed by atoms with Gasteiger partial charge in [-0.05, 0) is 36.4 Å². The van der Waals surface area contributed by atoms with Crippen LogP contribution in [0.2, 0.25) is 0 Å². The first-order chi connectivity index (χ1) is 9.33. The van der Waals surface area contributed by atoms with Crippen LogP contribution < -0.4 is 15.5 Å². The molecule has 19 heavy (non-hydrogen) atoms. The summed E-state index contributed by atoms with van der Waals surface area (Å²) in [6.07, 6.45) is 1.66. The lowest BCUT2D eigenvalue weighted by Crippen LogP contribution is -2.27. The molecular weight excluding hydrogens is 242 g/mol. The van der Waals surface area contributed by atoms with E-state index in [1.54, 1.807) is 11.2 Å². The minimum atomic E-state index is -0.0312. The van der Waals surface area contributed by atoms with Gasteiger partial charge in [-0.25, -0.2) is 4.79 Å². The molecule has 1 fully saturated rings. The van der Waals surface area contributed by atoms with E-state index < -0.39 is 0 Å². The van der Waals surface area contributed by atoms with Crippen molar-refractivity contribution in [3.8, 4) is 0 Å². The Hall–Kier alpha value is -2.43. The van der Waals surface area contributed by atoms with Crippen molar-refractivity contribution in [2.24, 2.45) is 0 Å². The number of hydrogen-bond donors (Lipinski definition) is 2. The second kappa shape index (κ2) is 5.06. The average molecular weight is 257 g/mol. The molecule has 0 saturated carbocycles. The van der Waals surface area contributed by atoms with E-state index in [4.69, 9.17) is 4.42 Å². The molecule has 2 amide bonds. The number of urea groups is 1. The molecule has 0 radical (unpaired) electrons. The number of furan rings is 1. The number of anilines is 2. The molecule has 1 aliphatic heterocycles. The van der Waals surface area contributed by atoms with Crippen molar-refractivity contribution in [3.63, 3.8) is 0 Å². The molecule has 1 aromatic carbocycles. The van der Waals surface area contributed by atoms with E-state index in [1.807, 2.05) is 36.4 Å². The lowest BCUT2D eigenvalue weighted by molar-refractivity contribution is 0.252. The van der Waals surface area contributed by atoms with Gasteiger partial charge in [0.1, 0.15) is 5.76 Å². The molecule has 3 rings (SSSR count). The Balaban J connectivity index is 1.64. The van der Waals surface area contributed by atoms with Crippen molar-refractivity contribution < 1.29 is 9.21 Å². The van der Waals surface area contributed by atoms with Crippen LogP contribution >= 0.6 is 0 Å². The molecule has 98 valence electrons. The van der Waals surface area contributed by atoms with E-state index >= 15 is 0 Å². The van der Waals surface area contributed by atoms with Crippen molar-refractivity contribution in [2.45, 2.75) is 6.54 Å². The summed E-state index contributed by atoms with van der Waals surface area (Å²) in [6, 6.07) is 11.6. The summed E-state index contributed by atoms with van der Waals surface area (Å²) >= 11 is 0. The number of hydrogen-bond acceptors (Lipinski definition) is 3. The number of amides is 2. The number of carbonyl (C=O) groups is 1. The monoisotopic (exact) mass is 257 g/mol. The Kier molecular flexibility index (Phi) is 3.10. The normalized spacial score (nSPS) is 14.5. The van der Waals surface area contributed by atoms with Crippen LogP contribution in [0.25, 0.3) is 0 Å². The quantitative estimate of drug-likeness (QED) is 0.884. The molecule has 0 unspecified atom stereocenters. The summed E-state index contributed by atoms with van der Waals surface area (Å²) in [5.41, 5.74) is 1.92. The van der Waals surface area contributed by atoms with Crippen LogP contribution in [-0.2, 0) is 6.54 Å². The van der Waals surface area contributed by atoms with Crippen molar-refractivity contribution >= 4 is 17.4 Å². The fraction of sp³-hybridized carbons (Fsp3) is 0.214. The molecular formula is C14H15N3O2. The van der Waals surface area contributed by atoms with Gasteiger partial charge in [-0.15, -0.1) is 0 Å². The van der Waals surface area contributed by atoms with Gasteiger partial charge in [0.2, 0.25) is 0 Å². The van der Waals surface area contributed by atoms with E-state index in [0.29, 0.717) is 13.1 Å². The summed E-state index contributed by atoms with van der Waals surface area (Å²) in [5, 5.41) is 6.05. The fourth-order valence-electron chi connectivity index (χ4n) is 2.08. The van der Waals surface area contributed by atoms with Crippen molar-refractivity contribution in [2.75, 3.05) is 23.3 Å². The van der Waals surface area contributed by atoms with Crippen LogP contribution in [0.3, 0.4) is 0 Å². The molecule has 2 N–H and O–H groups in total. The van der Waals surface area contributed by atoms with E-state index in [-0.39, 0.29) is 6.03 Å². The fourth-order valence-corrected chi connectivity index (χ4v) is 2.08. The zero-order valence-corrected chi connectivity index (χ0v) is 10.4. The van der Waals surface area contributed by atoms with E-state index in [9.17, 15) is 4.79 Å². The Labute approximate surface area is 111 Å². The topological polar surface area (TPSA) is 57.5 Å². The molecule has 5 nitrogen and oxygen atoms in total. The SMILES string of the molecule is O=C1NCCN1c1ccc(NCc2ccco2)cc1. The van der Waals surface area contributed by atoms with Gasteiger partial charge in [-0.2, -0.15) is 0 Å². The van der Waals surface area contributed by atoms with Gasteiger partial charge < -0.3 is 15.1 Å². The molecule has 0 aliphatic carbocycles. The minimum absolute atomic E-state index is 0.0312. The zero-order valence-electron chi connectivity index (χ0n) is 10.4. The van der Waals surface area contributed by atoms with Gasteiger partial charge >= 0.3 is 6.03 Å². The molecule has 0 bridgehead atoms. The van der Waals surface area contributed by atoms with Crippen molar-refractivity contribution in [1.29, 1.82) is 0 Å². The highest BCUT2D eigenvalue weighted by Crippen LogP contribution is 2.19. The maximum absolute atomic E-state index is 11.5. The summed E-state index contributed by atoms with van der Waals surface area (Å²) < 4.78 is 5.25. The number of benzene rings is 1. The predicted octanol–water partition coefficient (Wildman–Crippen LogP) is 2.42. The standard InChI is InChI=1S/C14H15N3O2/c18-14-15-7-8-17(14)12-5-3-11(4-6-12)16-10-13-2-1-9-19-13/h1-6,9,16H,7-8,10H2,(H,15,18). The van der Waals surface area contributed by atoms with Crippen LogP contribution in [0, 0.1) is 0 Å². The molecule has 1 aromatic heterocycles. The highest BCUT2D eigenvalue weighted by atomic mass is 16.3. The Bertz CT molecular complexity index is 549. The van der Waals surface area contributed by atoms with Crippen LogP contribution in [-0.4, -0.2) is 19.1 Å². The van der Waals surface area contributed by atoms with E-state index in [1.165, 1.54) is 0 Å². The van der Waals surface area contributed by atoms with Crippen LogP contribution in [0.4, 0.5) is 16.2 Å². The van der Waals surface area contributed by atoms with E-state index in [0.717, 1.165) is 23.7 Å². The highest BCUT2D eigenvalue weighted by Gasteiger charge is 2.20. The molecule has 0 atom stereocenters. The number of rotatable bonds is 4. The van der Waals surface area contributed by atoms with Crippen molar-refractivity contribution in [3.05, 3.63) is 48.4 Å². The molecule has 2 heterocycles. The maximum atomic E-state index is 11.5. The van der Waals surface area contributed by atoms with Crippen LogP contribution in [0.1, 0.15) is 5.76 Å². The second-order valence-corrected chi connectivity index (χ2v) is 4.36. The molecule has 5 heteroatoms. The smallest absolute Gasteiger partial charge is 0.321 e. The Morgan fingerprint density at radius 2 is 2.11 bits per heavy atom. The van der Waals surface area contributed by atoms with Gasteiger partial charge in [-0.1, -0.05) is 0 Å². The van der Waals surface area contributed by atoms with Crippen LogP contribution in [0.5, 0.6) is 0 Å². The summed E-state index contributed by atoms with van der Waals surface area (Å²) in [6.45, 7) is 2.08. The average Bonchev–Trinajstić information content (AvgIpc) is 3.08. The predicted molar refractivity (Wildman–Crippen MR) is 73.2 cm³/mol. The number of carbonyl (C=O) groups excluding carboxylic acids is 1. The van der Waals surface area contributed by atoms with Gasteiger partial charge in [-0.3, -0.25) is 4.90 Å². The molecule has 1 aliphatic rings. The third-order valence-corrected chi connectivity index (χ3v) is 3.08. The van der Waals surface area contributed by atoms with Gasteiger partial charge in [0.15, 0.2) is 0 Å². The van der Waals surface area contributed by atoms with Crippen LogP contribution in [0.15, 0.2) is 47.1 Å².